The highest BCUT2D eigenvalue weighted by atomic mass is 16.7. The van der Waals surface area contributed by atoms with E-state index in [0.29, 0.717) is 0 Å². The molecule has 1 heterocycles. The van der Waals surface area contributed by atoms with Crippen LogP contribution in [0.1, 0.15) is 82.2 Å². The van der Waals surface area contributed by atoms with Gasteiger partial charge in [-0.15, -0.1) is 0 Å². The van der Waals surface area contributed by atoms with Crippen molar-refractivity contribution >= 4 is 23.3 Å². The van der Waals surface area contributed by atoms with E-state index < -0.39 is 101 Å². The highest BCUT2D eigenvalue weighted by Gasteiger charge is 2.49. The lowest BCUT2D eigenvalue weighted by Crippen LogP contribution is -2.56. The first-order chi connectivity index (χ1) is 20.7. The third-order valence-corrected chi connectivity index (χ3v) is 8.52. The number of hydrogen-bond acceptors (Lipinski definition) is 13. The Labute approximate surface area is 251 Å². The SMILES string of the molecule is COc1cccc2c1C(=O)c1c(O)c3c(c(O)c1C2=O)C[C@@](O)(C(C)=O)C[C@@H]3OC1CC(NC(=O)CC(N)N)C(O)C(C)O1. The maximum absolute atomic E-state index is 13.8. The molecule has 9 N–H and O–H groups in total. The van der Waals surface area contributed by atoms with Gasteiger partial charge in [-0.05, 0) is 19.9 Å². The summed E-state index contributed by atoms with van der Waals surface area (Å²) in [7, 11) is 1.32. The van der Waals surface area contributed by atoms with E-state index in [0.717, 1.165) is 6.92 Å². The van der Waals surface area contributed by atoms with Crippen LogP contribution in [-0.4, -0.2) is 87.1 Å². The molecular weight excluding hydrogens is 578 g/mol. The van der Waals surface area contributed by atoms with Gasteiger partial charge in [-0.2, -0.15) is 0 Å². The zero-order valence-electron chi connectivity index (χ0n) is 24.3. The Morgan fingerprint density at radius 1 is 1.14 bits per heavy atom. The number of phenols is 2. The molecule has 0 radical (unpaired) electrons. The van der Waals surface area contributed by atoms with Crippen LogP contribution in [-0.2, 0) is 25.5 Å². The zero-order valence-corrected chi connectivity index (χ0v) is 24.3. The molecule has 3 aliphatic rings. The largest absolute Gasteiger partial charge is 0.507 e. The Morgan fingerprint density at radius 2 is 1.82 bits per heavy atom. The highest BCUT2D eigenvalue weighted by molar-refractivity contribution is 6.31. The molecule has 0 spiro atoms. The number of amides is 1. The maximum atomic E-state index is 13.8. The van der Waals surface area contributed by atoms with Crippen molar-refractivity contribution < 1.29 is 53.8 Å². The quantitative estimate of drug-likeness (QED) is 0.135. The Kier molecular flexibility index (Phi) is 8.26. The highest BCUT2D eigenvalue weighted by Crippen LogP contribution is 2.52. The van der Waals surface area contributed by atoms with Gasteiger partial charge in [0.15, 0.2) is 17.9 Å². The number of fused-ring (bicyclic) bond motifs is 3. The summed E-state index contributed by atoms with van der Waals surface area (Å²) in [5.74, 6) is -3.96. The number of nitrogens with two attached hydrogens (primary N) is 2. The molecule has 2 aliphatic carbocycles. The van der Waals surface area contributed by atoms with Gasteiger partial charge in [0.25, 0.3) is 0 Å². The van der Waals surface area contributed by atoms with Crippen molar-refractivity contribution in [3.8, 4) is 17.2 Å². The van der Waals surface area contributed by atoms with Crippen molar-refractivity contribution in [3.63, 3.8) is 0 Å². The van der Waals surface area contributed by atoms with Crippen LogP contribution >= 0.6 is 0 Å². The molecule has 4 unspecified atom stereocenters. The van der Waals surface area contributed by atoms with Crippen LogP contribution in [0.15, 0.2) is 18.2 Å². The number of rotatable bonds is 7. The summed E-state index contributed by atoms with van der Waals surface area (Å²) in [4.78, 5) is 52.3. The third-order valence-electron chi connectivity index (χ3n) is 8.52. The number of aliphatic hydroxyl groups excluding tert-OH is 1. The number of carbonyl (C=O) groups excluding carboxylic acids is 4. The Bertz CT molecular complexity index is 1560. The first-order valence-corrected chi connectivity index (χ1v) is 14.1. The van der Waals surface area contributed by atoms with Crippen LogP contribution in [0.25, 0.3) is 0 Å². The van der Waals surface area contributed by atoms with Gasteiger partial charge in [0, 0.05) is 36.0 Å². The van der Waals surface area contributed by atoms with Gasteiger partial charge in [0.2, 0.25) is 11.7 Å². The molecule has 1 aliphatic heterocycles. The Hall–Kier alpha value is -3.92. The number of aliphatic hydroxyl groups is 2. The van der Waals surface area contributed by atoms with Gasteiger partial charge in [-0.1, -0.05) is 12.1 Å². The number of ether oxygens (including phenoxy) is 3. The van der Waals surface area contributed by atoms with Crippen LogP contribution in [0, 0.1) is 0 Å². The van der Waals surface area contributed by atoms with E-state index in [1.165, 1.54) is 25.3 Å². The lowest BCUT2D eigenvalue weighted by molar-refractivity contribution is -0.249. The molecule has 0 aromatic heterocycles. The van der Waals surface area contributed by atoms with Crippen molar-refractivity contribution in [1.29, 1.82) is 0 Å². The molecule has 2 aromatic rings. The van der Waals surface area contributed by atoms with Gasteiger partial charge >= 0.3 is 0 Å². The van der Waals surface area contributed by atoms with Crippen molar-refractivity contribution in [2.75, 3.05) is 7.11 Å². The minimum atomic E-state index is -2.08. The molecule has 0 bridgehead atoms. The minimum absolute atomic E-state index is 0.0474. The number of hydrogen-bond donors (Lipinski definition) is 7. The average Bonchev–Trinajstić information content (AvgIpc) is 2.95. The second-order valence-electron chi connectivity index (χ2n) is 11.5. The van der Waals surface area contributed by atoms with Crippen LogP contribution < -0.4 is 21.5 Å². The number of phenolic OH excluding ortho intramolecular Hbond substituents is 2. The Balaban J connectivity index is 1.58. The summed E-state index contributed by atoms with van der Waals surface area (Å²) in [5, 5.41) is 47.7. The van der Waals surface area contributed by atoms with E-state index in [4.69, 9.17) is 25.7 Å². The monoisotopic (exact) mass is 613 g/mol. The van der Waals surface area contributed by atoms with E-state index in [1.807, 2.05) is 0 Å². The van der Waals surface area contributed by atoms with E-state index in [-0.39, 0.29) is 40.8 Å². The van der Waals surface area contributed by atoms with Gasteiger partial charge in [-0.25, -0.2) is 0 Å². The molecule has 5 rings (SSSR count). The summed E-state index contributed by atoms with van der Waals surface area (Å²) in [6, 6.07) is 3.51. The summed E-state index contributed by atoms with van der Waals surface area (Å²) in [6.07, 6.45) is -6.58. The first-order valence-electron chi connectivity index (χ1n) is 14.1. The van der Waals surface area contributed by atoms with Crippen LogP contribution in [0.2, 0.25) is 0 Å². The van der Waals surface area contributed by atoms with E-state index in [9.17, 15) is 39.6 Å². The van der Waals surface area contributed by atoms with Crippen LogP contribution in [0.3, 0.4) is 0 Å². The lowest BCUT2D eigenvalue weighted by atomic mass is 9.72. The summed E-state index contributed by atoms with van der Waals surface area (Å²) >= 11 is 0. The second-order valence-corrected chi connectivity index (χ2v) is 11.5. The number of Topliss-reactive ketones (excluding diaryl/α,β-unsaturated/α-hetero) is 1. The van der Waals surface area contributed by atoms with Gasteiger partial charge in [-0.3, -0.25) is 19.2 Å². The summed E-state index contributed by atoms with van der Waals surface area (Å²) in [5.41, 5.74) is 7.59. The molecule has 236 valence electrons. The van der Waals surface area contributed by atoms with Crippen molar-refractivity contribution in [2.24, 2.45) is 11.5 Å². The molecule has 44 heavy (non-hydrogen) atoms. The molecule has 14 nitrogen and oxygen atoms in total. The topological polar surface area (TPSA) is 241 Å². The van der Waals surface area contributed by atoms with Crippen molar-refractivity contribution in [3.05, 3.63) is 51.6 Å². The number of benzene rings is 2. The van der Waals surface area contributed by atoms with Gasteiger partial charge < -0.3 is 51.4 Å². The number of ketones is 3. The standard InChI is InChI=1S/C30H35N3O11/c1-11-25(36)15(33-19(35)8-18(31)32)7-20(43-11)44-17-10-30(41,12(2)34)9-14-22(17)29(40)24-23(27(14)38)26(37)13-5-4-6-16(42-3)21(13)28(24)39/h4-6,11,15,17-18,20,25,36,38,40-41H,7-10,31-32H2,1-3H3,(H,33,35)/t11?,15?,17-,20?,25?,30-/m0/s1. The predicted molar refractivity (Wildman–Crippen MR) is 151 cm³/mol. The minimum Gasteiger partial charge on any atom is -0.507 e. The molecule has 1 saturated heterocycles. The number of nitrogens with one attached hydrogen (secondary N) is 1. The summed E-state index contributed by atoms with van der Waals surface area (Å²) in [6.45, 7) is 2.70. The molecule has 6 atom stereocenters. The summed E-state index contributed by atoms with van der Waals surface area (Å²) < 4.78 is 17.3. The van der Waals surface area contributed by atoms with Crippen LogP contribution in [0.4, 0.5) is 0 Å². The normalized spacial score (nSPS) is 27.8. The second kappa shape index (κ2) is 11.5. The zero-order chi connectivity index (χ0) is 32.2. The fourth-order valence-electron chi connectivity index (χ4n) is 6.25. The first kappa shape index (κ1) is 31.5. The molecule has 14 heteroatoms. The number of carbonyl (C=O) groups is 4. The molecule has 0 saturated carbocycles. The number of aromatic hydroxyl groups is 2. The van der Waals surface area contributed by atoms with Crippen molar-refractivity contribution in [2.45, 2.75) is 81.9 Å². The average molecular weight is 614 g/mol. The molecule has 2 aromatic carbocycles. The maximum Gasteiger partial charge on any atom is 0.223 e. The smallest absolute Gasteiger partial charge is 0.223 e. The molecule has 1 fully saturated rings. The molecule has 1 amide bonds. The predicted octanol–water partition coefficient (Wildman–Crippen LogP) is -0.180. The van der Waals surface area contributed by atoms with Crippen LogP contribution in [0.5, 0.6) is 17.2 Å². The fourth-order valence-corrected chi connectivity index (χ4v) is 6.25. The Morgan fingerprint density at radius 3 is 2.45 bits per heavy atom. The van der Waals surface area contributed by atoms with Gasteiger partial charge in [0.05, 0.1) is 54.6 Å². The van der Waals surface area contributed by atoms with Gasteiger partial charge in [0.1, 0.15) is 29.0 Å². The molecular formula is C30H35N3O11. The van der Waals surface area contributed by atoms with Crippen molar-refractivity contribution in [1.82, 2.24) is 5.32 Å². The fraction of sp³-hybridized carbons (Fsp3) is 0.467. The van der Waals surface area contributed by atoms with E-state index in [2.05, 4.69) is 5.32 Å². The lowest BCUT2D eigenvalue weighted by Gasteiger charge is -2.42. The third kappa shape index (κ3) is 5.23. The van der Waals surface area contributed by atoms with E-state index >= 15 is 0 Å². The number of methoxy groups -OCH3 is 1. The van der Waals surface area contributed by atoms with E-state index in [1.54, 1.807) is 6.92 Å².